The summed E-state index contributed by atoms with van der Waals surface area (Å²) in [5.41, 5.74) is 5.25. The SMILES string of the molecule is O=C(NC(Cc1ccc(NS(=O)(=O)c2ccccc2)cc1)C(=O)O)OCC1c2ccccc2-c2ccccc21. The molecule has 4 aromatic rings. The van der Waals surface area contributed by atoms with E-state index in [1.807, 2.05) is 48.5 Å². The number of sulfonamides is 1. The van der Waals surface area contributed by atoms with Gasteiger partial charge in [0.05, 0.1) is 4.90 Å². The number of carboxylic acid groups (broad SMARTS) is 1. The predicted octanol–water partition coefficient (Wildman–Crippen LogP) is 5.02. The van der Waals surface area contributed by atoms with E-state index in [-0.39, 0.29) is 23.8 Å². The Balaban J connectivity index is 1.20. The van der Waals surface area contributed by atoms with E-state index >= 15 is 0 Å². The zero-order chi connectivity index (χ0) is 27.4. The molecule has 198 valence electrons. The van der Waals surface area contributed by atoms with Crippen LogP contribution in [-0.4, -0.2) is 38.2 Å². The smallest absolute Gasteiger partial charge is 0.407 e. The number of carbonyl (C=O) groups excluding carboxylic acids is 1. The van der Waals surface area contributed by atoms with Crippen LogP contribution in [0.25, 0.3) is 11.1 Å². The molecule has 0 aromatic heterocycles. The van der Waals surface area contributed by atoms with E-state index in [0.29, 0.717) is 11.3 Å². The van der Waals surface area contributed by atoms with E-state index in [9.17, 15) is 23.1 Å². The van der Waals surface area contributed by atoms with Gasteiger partial charge in [-0.3, -0.25) is 4.72 Å². The van der Waals surface area contributed by atoms with Crippen molar-refractivity contribution in [3.8, 4) is 11.1 Å². The summed E-state index contributed by atoms with van der Waals surface area (Å²) in [5, 5.41) is 12.1. The lowest BCUT2D eigenvalue weighted by Gasteiger charge is -2.18. The molecule has 8 nitrogen and oxygen atoms in total. The first-order chi connectivity index (χ1) is 18.8. The van der Waals surface area contributed by atoms with Crippen LogP contribution in [0.15, 0.2) is 108 Å². The lowest BCUT2D eigenvalue weighted by atomic mass is 9.98. The molecular formula is C30H26N2O6S. The molecule has 0 heterocycles. The van der Waals surface area contributed by atoms with Gasteiger partial charge in [-0.25, -0.2) is 18.0 Å². The zero-order valence-corrected chi connectivity index (χ0v) is 21.6. The molecule has 1 amide bonds. The van der Waals surface area contributed by atoms with E-state index in [1.54, 1.807) is 42.5 Å². The normalized spacial score (nSPS) is 13.1. The number of fused-ring (bicyclic) bond motifs is 3. The molecule has 4 aromatic carbocycles. The van der Waals surface area contributed by atoms with Gasteiger partial charge in [-0.05, 0) is 52.1 Å². The van der Waals surface area contributed by atoms with E-state index in [1.165, 1.54) is 12.1 Å². The third kappa shape index (κ3) is 5.78. The highest BCUT2D eigenvalue weighted by Crippen LogP contribution is 2.44. The molecule has 0 radical (unpaired) electrons. The average molecular weight is 543 g/mol. The minimum atomic E-state index is -3.75. The summed E-state index contributed by atoms with van der Waals surface area (Å²) in [4.78, 5) is 24.6. The van der Waals surface area contributed by atoms with Gasteiger partial charge in [-0.1, -0.05) is 78.9 Å². The van der Waals surface area contributed by atoms with Gasteiger partial charge in [0, 0.05) is 18.0 Å². The van der Waals surface area contributed by atoms with Crippen LogP contribution in [0, 0.1) is 0 Å². The van der Waals surface area contributed by atoms with Crippen molar-refractivity contribution in [1.82, 2.24) is 5.32 Å². The maximum atomic E-state index is 12.6. The van der Waals surface area contributed by atoms with Gasteiger partial charge in [0.25, 0.3) is 10.0 Å². The number of carboxylic acids is 1. The van der Waals surface area contributed by atoms with Crippen LogP contribution in [0.4, 0.5) is 10.5 Å². The minimum absolute atomic E-state index is 0.00869. The Morgan fingerprint density at radius 3 is 1.95 bits per heavy atom. The molecule has 5 rings (SSSR count). The van der Waals surface area contributed by atoms with E-state index in [0.717, 1.165) is 22.3 Å². The molecule has 0 spiro atoms. The molecule has 0 aliphatic heterocycles. The second kappa shape index (κ2) is 11.0. The van der Waals surface area contributed by atoms with Gasteiger partial charge in [-0.15, -0.1) is 0 Å². The molecule has 0 saturated carbocycles. The van der Waals surface area contributed by atoms with E-state index < -0.39 is 28.1 Å². The van der Waals surface area contributed by atoms with Crippen molar-refractivity contribution in [2.24, 2.45) is 0 Å². The molecule has 39 heavy (non-hydrogen) atoms. The van der Waals surface area contributed by atoms with Gasteiger partial charge in [0.15, 0.2) is 0 Å². The number of alkyl carbamates (subject to hydrolysis) is 1. The fourth-order valence-corrected chi connectivity index (χ4v) is 5.82. The largest absolute Gasteiger partial charge is 0.480 e. The van der Waals surface area contributed by atoms with Crippen molar-refractivity contribution in [3.63, 3.8) is 0 Å². The minimum Gasteiger partial charge on any atom is -0.480 e. The number of hydrogen-bond donors (Lipinski definition) is 3. The molecule has 0 saturated heterocycles. The van der Waals surface area contributed by atoms with Crippen molar-refractivity contribution < 1.29 is 27.9 Å². The number of hydrogen-bond acceptors (Lipinski definition) is 5. The average Bonchev–Trinajstić information content (AvgIpc) is 3.26. The molecule has 3 N–H and O–H groups in total. The highest BCUT2D eigenvalue weighted by molar-refractivity contribution is 7.92. The number of rotatable bonds is 9. The lowest BCUT2D eigenvalue weighted by Crippen LogP contribution is -2.42. The summed E-state index contributed by atoms with van der Waals surface area (Å²) in [6, 6.07) is 28.9. The first-order valence-electron chi connectivity index (χ1n) is 12.3. The second-order valence-electron chi connectivity index (χ2n) is 9.18. The number of carbonyl (C=O) groups is 2. The summed E-state index contributed by atoms with van der Waals surface area (Å²) in [5.74, 6) is -1.35. The Hall–Kier alpha value is -4.63. The Kier molecular flexibility index (Phi) is 7.33. The van der Waals surface area contributed by atoms with Gasteiger partial charge in [0.1, 0.15) is 12.6 Å². The summed E-state index contributed by atoms with van der Waals surface area (Å²) >= 11 is 0. The predicted molar refractivity (Wildman–Crippen MR) is 147 cm³/mol. The first kappa shape index (κ1) is 26.0. The van der Waals surface area contributed by atoms with Gasteiger partial charge >= 0.3 is 12.1 Å². The van der Waals surface area contributed by atoms with Gasteiger partial charge in [0.2, 0.25) is 0 Å². The number of nitrogens with one attached hydrogen (secondary N) is 2. The molecule has 1 aliphatic rings. The number of benzene rings is 4. The van der Waals surface area contributed by atoms with E-state index in [2.05, 4.69) is 10.0 Å². The van der Waals surface area contributed by atoms with Crippen molar-refractivity contribution >= 4 is 27.8 Å². The molecule has 1 unspecified atom stereocenters. The Morgan fingerprint density at radius 2 is 1.36 bits per heavy atom. The lowest BCUT2D eigenvalue weighted by molar-refractivity contribution is -0.139. The summed E-state index contributed by atoms with van der Waals surface area (Å²) in [7, 11) is -3.75. The summed E-state index contributed by atoms with van der Waals surface area (Å²) in [6.45, 7) is 0.0719. The number of ether oxygens (including phenoxy) is 1. The van der Waals surface area contributed by atoms with E-state index in [4.69, 9.17) is 4.74 Å². The number of amides is 1. The van der Waals surface area contributed by atoms with Crippen LogP contribution in [0.5, 0.6) is 0 Å². The summed E-state index contributed by atoms with van der Waals surface area (Å²) in [6.07, 6.45) is -0.831. The van der Waals surface area contributed by atoms with Gasteiger partial charge < -0.3 is 15.2 Å². The number of aliphatic carboxylic acids is 1. The fraction of sp³-hybridized carbons (Fsp3) is 0.133. The molecule has 0 fully saturated rings. The second-order valence-corrected chi connectivity index (χ2v) is 10.9. The van der Waals surface area contributed by atoms with Crippen LogP contribution in [0.1, 0.15) is 22.6 Å². The molecule has 1 aliphatic carbocycles. The first-order valence-corrected chi connectivity index (χ1v) is 13.8. The van der Waals surface area contributed by atoms with Gasteiger partial charge in [-0.2, -0.15) is 0 Å². The Bertz CT molecular complexity index is 1560. The maximum Gasteiger partial charge on any atom is 0.407 e. The highest BCUT2D eigenvalue weighted by Gasteiger charge is 2.30. The van der Waals surface area contributed by atoms with Crippen LogP contribution in [0.2, 0.25) is 0 Å². The van der Waals surface area contributed by atoms with Crippen molar-refractivity contribution in [2.45, 2.75) is 23.3 Å². The fourth-order valence-electron chi connectivity index (χ4n) is 4.74. The molecule has 0 bridgehead atoms. The van der Waals surface area contributed by atoms with Crippen LogP contribution >= 0.6 is 0 Å². The van der Waals surface area contributed by atoms with Crippen molar-refractivity contribution in [2.75, 3.05) is 11.3 Å². The maximum absolute atomic E-state index is 12.6. The Labute approximate surface area is 226 Å². The quantitative estimate of drug-likeness (QED) is 0.273. The van der Waals surface area contributed by atoms with Crippen LogP contribution in [-0.2, 0) is 26.0 Å². The highest BCUT2D eigenvalue weighted by atomic mass is 32.2. The third-order valence-corrected chi connectivity index (χ3v) is 8.03. The Morgan fingerprint density at radius 1 is 0.795 bits per heavy atom. The summed E-state index contributed by atoms with van der Waals surface area (Å²) < 4.78 is 33.0. The van der Waals surface area contributed by atoms with Crippen molar-refractivity contribution in [1.29, 1.82) is 0 Å². The molecule has 9 heteroatoms. The van der Waals surface area contributed by atoms with Crippen molar-refractivity contribution in [3.05, 3.63) is 120 Å². The topological polar surface area (TPSA) is 122 Å². The standard InChI is InChI=1S/C30H26N2O6S/c33-29(34)28(18-20-14-16-21(17-15-20)32-39(36,37)22-8-2-1-3-9-22)31-30(35)38-19-27-25-12-6-4-10-23(25)24-11-5-7-13-26(24)27/h1-17,27-28,32H,18-19H2,(H,31,35)(H,33,34). The third-order valence-electron chi connectivity index (χ3n) is 6.63. The van der Waals surface area contributed by atoms with Crippen LogP contribution < -0.4 is 10.0 Å². The monoisotopic (exact) mass is 542 g/mol. The zero-order valence-electron chi connectivity index (χ0n) is 20.8. The molecular weight excluding hydrogens is 516 g/mol. The molecule has 1 atom stereocenters. The van der Waals surface area contributed by atoms with Crippen LogP contribution in [0.3, 0.4) is 0 Å². The number of anilines is 1.